The Morgan fingerprint density at radius 3 is 2.67 bits per heavy atom. The summed E-state index contributed by atoms with van der Waals surface area (Å²) in [6.45, 7) is -2.20. The van der Waals surface area contributed by atoms with E-state index in [1.807, 2.05) is 0 Å². The summed E-state index contributed by atoms with van der Waals surface area (Å²) in [6.07, 6.45) is 9.13. The van der Waals surface area contributed by atoms with E-state index in [0.29, 0.717) is 25.7 Å². The van der Waals surface area contributed by atoms with Gasteiger partial charge in [-0.1, -0.05) is 19.3 Å². The maximum absolute atomic E-state index is 12.5. The molecule has 10 heteroatoms. The Bertz CT molecular complexity index is 751. The first kappa shape index (κ1) is 23.5. The van der Waals surface area contributed by atoms with Gasteiger partial charge in [-0.25, -0.2) is 0 Å². The number of ether oxygens (including phenoxy) is 3. The van der Waals surface area contributed by atoms with Crippen molar-refractivity contribution in [2.45, 2.75) is 51.2 Å². The molecule has 1 aliphatic rings. The van der Waals surface area contributed by atoms with Gasteiger partial charge in [0.15, 0.2) is 11.5 Å². The van der Waals surface area contributed by atoms with E-state index in [0.717, 1.165) is 31.1 Å². The summed E-state index contributed by atoms with van der Waals surface area (Å²) in [7, 11) is 1.22. The summed E-state index contributed by atoms with van der Waals surface area (Å²) in [5.41, 5.74) is -0.467. The fourth-order valence-corrected chi connectivity index (χ4v) is 3.19. The van der Waals surface area contributed by atoms with Gasteiger partial charge in [0.25, 0.3) is 5.69 Å². The highest BCUT2D eigenvalue weighted by Crippen LogP contribution is 2.36. The highest BCUT2D eigenvalue weighted by molar-refractivity contribution is 5.92. The lowest BCUT2D eigenvalue weighted by atomic mass is 9.98. The molecule has 0 atom stereocenters. The van der Waals surface area contributed by atoms with Crippen LogP contribution in [-0.4, -0.2) is 43.8 Å². The van der Waals surface area contributed by atoms with Crippen molar-refractivity contribution in [3.8, 4) is 11.5 Å². The molecule has 1 fully saturated rings. The molecule has 0 unspecified atom stereocenters. The number of nitro benzene ring substituents is 1. The zero-order chi connectivity index (χ0) is 21.9. The topological polar surface area (TPSA) is 99.9 Å². The molecular formula is C20H26F2N2O6. The van der Waals surface area contributed by atoms with Crippen LogP contribution in [-0.2, 0) is 9.53 Å². The monoisotopic (exact) mass is 428 g/mol. The molecule has 1 saturated carbocycles. The Balaban J connectivity index is 1.90. The van der Waals surface area contributed by atoms with Crippen molar-refractivity contribution < 1.29 is 32.7 Å². The number of carbonyl (C=O) groups is 1. The predicted molar refractivity (Wildman–Crippen MR) is 106 cm³/mol. The summed E-state index contributed by atoms with van der Waals surface area (Å²) in [4.78, 5) is 22.5. The number of hydrogen-bond donors (Lipinski definition) is 1. The van der Waals surface area contributed by atoms with E-state index in [4.69, 9.17) is 9.47 Å². The number of alkyl halides is 2. The minimum absolute atomic E-state index is 0.0225. The Morgan fingerprint density at radius 1 is 1.30 bits per heavy atom. The van der Waals surface area contributed by atoms with E-state index in [1.165, 1.54) is 32.4 Å². The average Bonchev–Trinajstić information content (AvgIpc) is 2.72. The largest absolute Gasteiger partial charge is 0.493 e. The maximum atomic E-state index is 12.5. The molecule has 30 heavy (non-hydrogen) atoms. The number of nitrogens with one attached hydrogen (secondary N) is 1. The molecule has 8 nitrogen and oxygen atoms in total. The van der Waals surface area contributed by atoms with Crippen molar-refractivity contribution in [2.75, 3.05) is 20.3 Å². The molecule has 0 aliphatic heterocycles. The summed E-state index contributed by atoms with van der Waals surface area (Å²) in [5.74, 6) is -1.01. The predicted octanol–water partition coefficient (Wildman–Crippen LogP) is 4.07. The first-order valence-electron chi connectivity index (χ1n) is 9.79. The van der Waals surface area contributed by atoms with Gasteiger partial charge in [-0.2, -0.15) is 8.78 Å². The Morgan fingerprint density at radius 2 is 2.03 bits per heavy atom. The molecule has 2 rings (SSSR count). The normalized spacial score (nSPS) is 14.8. The SMILES string of the molecule is COc1cc(/C=C/C(=O)NCCCOC2CCCCC2)c([N+](=O)[O-])cc1OC(F)F. The molecule has 0 radical (unpaired) electrons. The lowest BCUT2D eigenvalue weighted by Crippen LogP contribution is -2.24. The molecular weight excluding hydrogens is 402 g/mol. The lowest BCUT2D eigenvalue weighted by Gasteiger charge is -2.21. The van der Waals surface area contributed by atoms with Crippen LogP contribution in [0.1, 0.15) is 44.1 Å². The fraction of sp³-hybridized carbons (Fsp3) is 0.550. The third kappa shape index (κ3) is 7.58. The maximum Gasteiger partial charge on any atom is 0.387 e. The lowest BCUT2D eigenvalue weighted by molar-refractivity contribution is -0.385. The number of hydrogen-bond acceptors (Lipinski definition) is 6. The second-order valence-corrected chi connectivity index (χ2v) is 6.81. The molecule has 1 aliphatic carbocycles. The third-order valence-electron chi connectivity index (χ3n) is 4.67. The first-order chi connectivity index (χ1) is 14.4. The molecule has 1 aromatic rings. The van der Waals surface area contributed by atoms with Crippen LogP contribution in [0.2, 0.25) is 0 Å². The highest BCUT2D eigenvalue weighted by Gasteiger charge is 2.20. The number of amides is 1. The van der Waals surface area contributed by atoms with Crippen LogP contribution >= 0.6 is 0 Å². The van der Waals surface area contributed by atoms with Gasteiger partial charge in [-0.3, -0.25) is 14.9 Å². The van der Waals surface area contributed by atoms with Crippen molar-refractivity contribution in [2.24, 2.45) is 0 Å². The van der Waals surface area contributed by atoms with Gasteiger partial charge in [0.1, 0.15) is 0 Å². The smallest absolute Gasteiger partial charge is 0.387 e. The van der Waals surface area contributed by atoms with Crippen LogP contribution in [0.25, 0.3) is 6.08 Å². The number of nitrogens with zero attached hydrogens (tertiary/aromatic N) is 1. The van der Waals surface area contributed by atoms with Crippen molar-refractivity contribution in [1.29, 1.82) is 0 Å². The van der Waals surface area contributed by atoms with Gasteiger partial charge in [0, 0.05) is 19.2 Å². The van der Waals surface area contributed by atoms with Crippen LogP contribution < -0.4 is 14.8 Å². The van der Waals surface area contributed by atoms with Crippen molar-refractivity contribution in [3.05, 3.63) is 33.9 Å². The number of rotatable bonds is 11. The van der Waals surface area contributed by atoms with Gasteiger partial charge in [0.05, 0.1) is 29.8 Å². The van der Waals surface area contributed by atoms with Crippen LogP contribution in [0.3, 0.4) is 0 Å². The molecule has 0 aromatic heterocycles. The summed E-state index contributed by atoms with van der Waals surface area (Å²) >= 11 is 0. The number of carbonyl (C=O) groups excluding carboxylic acids is 1. The zero-order valence-corrected chi connectivity index (χ0v) is 16.8. The molecule has 1 N–H and O–H groups in total. The number of nitro groups is 1. The van der Waals surface area contributed by atoms with Crippen LogP contribution in [0.5, 0.6) is 11.5 Å². The molecule has 0 heterocycles. The van der Waals surface area contributed by atoms with E-state index in [2.05, 4.69) is 10.1 Å². The van der Waals surface area contributed by atoms with Crippen molar-refractivity contribution >= 4 is 17.7 Å². The van der Waals surface area contributed by atoms with E-state index < -0.39 is 28.9 Å². The first-order valence-corrected chi connectivity index (χ1v) is 9.79. The Hall–Kier alpha value is -2.75. The summed E-state index contributed by atoms with van der Waals surface area (Å²) < 4.78 is 39.9. The van der Waals surface area contributed by atoms with Crippen molar-refractivity contribution in [1.82, 2.24) is 5.32 Å². The van der Waals surface area contributed by atoms with Gasteiger partial charge >= 0.3 is 6.61 Å². The van der Waals surface area contributed by atoms with Gasteiger partial charge in [0.2, 0.25) is 5.91 Å². The zero-order valence-electron chi connectivity index (χ0n) is 16.8. The molecule has 1 aromatic carbocycles. The standard InChI is InChI=1S/C20H26F2N2O6/c1-28-17-12-14(16(24(26)27)13-18(17)30-20(21)22)8-9-19(25)23-10-5-11-29-15-6-3-2-4-7-15/h8-9,12-13,15,20H,2-7,10-11H2,1H3,(H,23,25)/b9-8+. The molecule has 0 bridgehead atoms. The summed E-state index contributed by atoms with van der Waals surface area (Å²) in [6, 6.07) is 2.00. The van der Waals surface area contributed by atoms with Crippen LogP contribution in [0, 0.1) is 10.1 Å². The molecule has 1 amide bonds. The summed E-state index contributed by atoms with van der Waals surface area (Å²) in [5, 5.41) is 13.9. The highest BCUT2D eigenvalue weighted by atomic mass is 19.3. The van der Waals surface area contributed by atoms with E-state index in [9.17, 15) is 23.7 Å². The number of halogens is 2. The Kier molecular flexibility index (Phi) is 9.46. The van der Waals surface area contributed by atoms with Gasteiger partial charge in [-0.15, -0.1) is 0 Å². The van der Waals surface area contributed by atoms with Crippen molar-refractivity contribution in [3.63, 3.8) is 0 Å². The van der Waals surface area contributed by atoms with Crippen LogP contribution in [0.4, 0.5) is 14.5 Å². The minimum atomic E-state index is -3.16. The Labute approximate surface area is 173 Å². The fourth-order valence-electron chi connectivity index (χ4n) is 3.19. The second-order valence-electron chi connectivity index (χ2n) is 6.81. The number of benzene rings is 1. The molecule has 166 valence electrons. The van der Waals surface area contributed by atoms with E-state index in [1.54, 1.807) is 0 Å². The molecule has 0 spiro atoms. The third-order valence-corrected chi connectivity index (χ3v) is 4.67. The molecule has 0 saturated heterocycles. The average molecular weight is 428 g/mol. The van der Waals surface area contributed by atoms with Gasteiger partial charge < -0.3 is 19.5 Å². The second kappa shape index (κ2) is 12.1. The van der Waals surface area contributed by atoms with E-state index in [-0.39, 0.29) is 11.3 Å². The number of methoxy groups -OCH3 is 1. The van der Waals surface area contributed by atoms with Crippen LogP contribution in [0.15, 0.2) is 18.2 Å². The minimum Gasteiger partial charge on any atom is -0.493 e. The quantitative estimate of drug-likeness (QED) is 0.247. The van der Waals surface area contributed by atoms with Gasteiger partial charge in [-0.05, 0) is 31.4 Å². The van der Waals surface area contributed by atoms with E-state index >= 15 is 0 Å².